The zero-order chi connectivity index (χ0) is 92.4. The highest BCUT2D eigenvalue weighted by molar-refractivity contribution is 5.85. The first-order valence-electron chi connectivity index (χ1n) is 47.3. The quantitative estimate of drug-likeness (QED) is 0.0142. The highest BCUT2D eigenvalue weighted by Gasteiger charge is 2.61. The summed E-state index contributed by atoms with van der Waals surface area (Å²) in [7, 11) is 4.91. The Morgan fingerprint density at radius 1 is 0.454 bits per heavy atom. The van der Waals surface area contributed by atoms with Gasteiger partial charge in [-0.1, -0.05) is 198 Å². The summed E-state index contributed by atoms with van der Waals surface area (Å²) in [5, 5.41) is 91.2. The lowest BCUT2D eigenvalue weighted by Crippen LogP contribution is -2.62. The van der Waals surface area contributed by atoms with Crippen molar-refractivity contribution in [3.63, 3.8) is 0 Å². The van der Waals surface area contributed by atoms with E-state index in [2.05, 4.69) is 139 Å². The molecule has 130 heavy (non-hydrogen) atoms. The third kappa shape index (κ3) is 20.1. The summed E-state index contributed by atoms with van der Waals surface area (Å²) in [6.45, 7) is 28.5. The number of para-hydroxylation sites is 3. The molecule has 3 saturated heterocycles. The SMILES string of the molecule is C.CCc1cc(CO)cc(-c2cccc(CN3O[C@@H](CO)[C@H]([C@H](C)O)[C@H]3C(=O)N[C@H]3C[C@H]4C[C@@H]([C@@H]3C)C4(C)C)c2OC)c1.COc1c(CN2O[C@@H](CO)[C@@H]([C@H](C)O)[C@H]2C(=O)N[C@H]2C[C@H]3C[C@@H]([C@@H]2C)C3(C)C)cccc1-c1cccc(N)c1.COc1c(CN2O[C@@H](CO)[C@H]([C@H](C)O)[C@H]2C(=O)N[C@H]2C[C@H]3C[C@@H]([C@@H]2C)C3(C)C)cccc1-c1cccc(NCCCc2ccccc2)c1. The van der Waals surface area contributed by atoms with Gasteiger partial charge in [-0.2, -0.15) is 15.2 Å². The third-order valence-electron chi connectivity index (χ3n) is 32.2. The first-order chi connectivity index (χ1) is 61.7. The number of aliphatic hydroxyl groups is 7. The molecule has 7 aromatic rings. The van der Waals surface area contributed by atoms with E-state index < -0.39 is 72.5 Å². The fraction of sp³-hybridized carbons (Fsp3) is 0.575. The van der Waals surface area contributed by atoms with Crippen LogP contribution in [-0.4, -0.2) is 189 Å². The van der Waals surface area contributed by atoms with Gasteiger partial charge in [-0.3, -0.25) is 28.9 Å². The molecule has 0 unspecified atom stereocenters. The Kier molecular flexibility index (Phi) is 31.9. The van der Waals surface area contributed by atoms with E-state index in [4.69, 9.17) is 34.5 Å². The summed E-state index contributed by atoms with van der Waals surface area (Å²) in [5.74, 6) is 4.44. The van der Waals surface area contributed by atoms with Gasteiger partial charge in [0.2, 0.25) is 17.7 Å². The Labute approximate surface area is 771 Å². The van der Waals surface area contributed by atoms with Gasteiger partial charge in [0.25, 0.3) is 0 Å². The number of rotatable bonds is 31. The molecular weight excluding hydrogens is 1640 g/mol. The van der Waals surface area contributed by atoms with Gasteiger partial charge >= 0.3 is 0 Å². The Morgan fingerprint density at radius 2 is 0.815 bits per heavy atom. The lowest BCUT2D eigenvalue weighted by Gasteiger charge is -2.62. The minimum atomic E-state index is -0.860. The van der Waals surface area contributed by atoms with Crippen molar-refractivity contribution in [1.29, 1.82) is 0 Å². The van der Waals surface area contributed by atoms with Crippen LogP contribution < -0.4 is 41.2 Å². The number of aliphatic hydroxyl groups excluding tert-OH is 7. The number of hydrogen-bond acceptors (Lipinski definition) is 21. The lowest BCUT2D eigenvalue weighted by atomic mass is 9.45. The van der Waals surface area contributed by atoms with Crippen molar-refractivity contribution >= 4 is 29.1 Å². The van der Waals surface area contributed by atoms with Gasteiger partial charge in [0.15, 0.2) is 0 Å². The molecule has 0 aromatic heterocycles. The molecule has 708 valence electrons. The van der Waals surface area contributed by atoms with E-state index in [-0.39, 0.29) is 89.3 Å². The molecule has 24 atom stereocenters. The van der Waals surface area contributed by atoms with Crippen LogP contribution in [0.4, 0.5) is 11.4 Å². The largest absolute Gasteiger partial charge is 0.496 e. The zero-order valence-corrected chi connectivity index (χ0v) is 78.5. The van der Waals surface area contributed by atoms with Crippen molar-refractivity contribution < 1.29 is 78.9 Å². The van der Waals surface area contributed by atoms with Crippen LogP contribution in [0.1, 0.15) is 176 Å². The monoisotopic (exact) mass is 1790 g/mol. The summed E-state index contributed by atoms with van der Waals surface area (Å²) in [6, 6.07) is 48.2. The molecule has 3 aliphatic heterocycles. The molecule has 3 heterocycles. The number of nitrogen functional groups attached to an aromatic ring is 1. The maximum absolute atomic E-state index is 14.1. The average molecular weight is 1790 g/mol. The van der Waals surface area contributed by atoms with Gasteiger partial charge in [-0.15, -0.1) is 0 Å². The fourth-order valence-corrected chi connectivity index (χ4v) is 24.4. The molecule has 19 rings (SSSR count). The average Bonchev–Trinajstić information content (AvgIpc) is 1.17. The summed E-state index contributed by atoms with van der Waals surface area (Å²) < 4.78 is 17.8. The van der Waals surface area contributed by atoms with Crippen molar-refractivity contribution in [2.75, 3.05) is 58.7 Å². The van der Waals surface area contributed by atoms with Crippen molar-refractivity contribution in [3.8, 4) is 50.6 Å². The number of methoxy groups -OCH3 is 3. The van der Waals surface area contributed by atoms with Crippen LogP contribution in [0.5, 0.6) is 17.2 Å². The Bertz CT molecular complexity index is 4970. The molecule has 9 aliphatic carbocycles. The lowest BCUT2D eigenvalue weighted by molar-refractivity contribution is -0.183. The van der Waals surface area contributed by atoms with Crippen LogP contribution in [0, 0.1) is 87.3 Å². The van der Waals surface area contributed by atoms with Crippen LogP contribution >= 0.6 is 0 Å². The van der Waals surface area contributed by atoms with Crippen molar-refractivity contribution in [1.82, 2.24) is 31.1 Å². The number of benzene rings is 7. The standard InChI is InChI=1S/C40H53N3O5.C34H48N2O6.C31H43N3O5.CH4/c1-25-33-21-30(40(33,3)4)22-34(25)42-39(46)37-36(26(2)45)35(24-44)48-43(37)23-29-16-10-18-32(38(29)47-5)28-15-9-17-31(20-28)41-19-11-14-27-12-7-6-8-13-27;1-7-21-11-22(17-37)13-24(12-21)26-10-8-9-23(32(26)41-6)16-36-31(30(20(3)39)29(18-38)42-36)33(40)35-28-15-25-14-27(19(28)2)34(25,4)5;1-17-24-13-21(31(24,3)4)14-25(17)33-30(37)28-27(18(2)36)26(16-35)39-34(28)15-20-9-7-11-23(29(20)38-5)19-8-6-10-22(32)12-19;/h6-10,12-13,15-18,20,25-26,30,33-37,41,44-45H,11,14,19,21-24H2,1-5H3,(H,42,46);8-13,19-20,25,27-31,37-39H,7,14-18H2,1-6H3,(H,35,40);6-12,17-18,21,24-28,35-36H,13-16,32H2,1-5H3,(H,33,37);1H4/t25-,26-,30+,33-,34-,35-,36-,37-;19-,20-,25+,27-,28-,29-,30-,31-;17-,18-,21+,24-,25-,26-,27+,28-;/m000./s1. The summed E-state index contributed by atoms with van der Waals surface area (Å²) in [4.78, 5) is 60.7. The van der Waals surface area contributed by atoms with Crippen molar-refractivity contribution in [3.05, 3.63) is 185 Å². The number of carbonyl (C=O) groups excluding carboxylic acids is 3. The van der Waals surface area contributed by atoms with Crippen molar-refractivity contribution in [2.45, 2.75) is 254 Å². The number of aryl methyl sites for hydroxylation is 2. The van der Waals surface area contributed by atoms with E-state index in [9.17, 15) is 50.1 Å². The molecule has 24 nitrogen and oxygen atoms in total. The molecule has 12 aliphatic rings. The van der Waals surface area contributed by atoms with Gasteiger partial charge in [0.05, 0.1) is 85.7 Å². The van der Waals surface area contributed by atoms with Gasteiger partial charge < -0.3 is 77.0 Å². The molecule has 0 spiro atoms. The second-order valence-corrected chi connectivity index (χ2v) is 40.5. The van der Waals surface area contributed by atoms with Crippen LogP contribution in [0.25, 0.3) is 33.4 Å². The highest BCUT2D eigenvalue weighted by Crippen LogP contribution is 2.64. The predicted octanol–water partition coefficient (Wildman–Crippen LogP) is 14.4. The van der Waals surface area contributed by atoms with Crippen LogP contribution in [0.15, 0.2) is 152 Å². The molecule has 12 fully saturated rings. The van der Waals surface area contributed by atoms with Crippen LogP contribution in [0.2, 0.25) is 0 Å². The van der Waals surface area contributed by atoms with Gasteiger partial charge in [-0.05, 0) is 212 Å². The van der Waals surface area contributed by atoms with Gasteiger partial charge in [-0.25, -0.2) is 0 Å². The normalized spacial score (nSPS) is 30.2. The second kappa shape index (κ2) is 41.9. The molecule has 3 amide bonds. The van der Waals surface area contributed by atoms with E-state index in [0.717, 1.165) is 112 Å². The Morgan fingerprint density at radius 3 is 1.15 bits per heavy atom. The number of anilines is 2. The van der Waals surface area contributed by atoms with Gasteiger partial charge in [0, 0.05) is 87.2 Å². The molecular formula is C106H148N8O16. The van der Waals surface area contributed by atoms with Crippen LogP contribution in [0.3, 0.4) is 0 Å². The van der Waals surface area contributed by atoms with E-state index >= 15 is 0 Å². The minimum absolute atomic E-state index is 0. The molecule has 9 saturated carbocycles. The number of amides is 3. The van der Waals surface area contributed by atoms with E-state index in [1.165, 1.54) is 24.8 Å². The number of nitrogens with two attached hydrogens (primary N) is 1. The predicted molar refractivity (Wildman–Crippen MR) is 508 cm³/mol. The fourth-order valence-electron chi connectivity index (χ4n) is 24.4. The topological polar surface area (TPSA) is 332 Å². The molecule has 7 aromatic carbocycles. The minimum Gasteiger partial charge on any atom is -0.496 e. The summed E-state index contributed by atoms with van der Waals surface area (Å²) >= 11 is 0. The Hall–Kier alpha value is -8.57. The van der Waals surface area contributed by atoms with Crippen molar-refractivity contribution in [2.24, 2.45) is 87.3 Å². The van der Waals surface area contributed by atoms with Gasteiger partial charge in [0.1, 0.15) is 53.7 Å². The zero-order valence-electron chi connectivity index (χ0n) is 78.5. The molecule has 13 N–H and O–H groups in total. The highest BCUT2D eigenvalue weighted by atomic mass is 16.7. The van der Waals surface area contributed by atoms with Crippen LogP contribution in [-0.2, 0) is 68.0 Å². The number of nitrogens with one attached hydrogen (secondary N) is 4. The molecule has 0 radical (unpaired) electrons. The Balaban J connectivity index is 0.000000167. The maximum atomic E-state index is 14.1. The molecule has 6 bridgehead atoms. The first kappa shape index (κ1) is 98.9. The summed E-state index contributed by atoms with van der Waals surface area (Å²) in [6.07, 6.45) is 4.78. The van der Waals surface area contributed by atoms with E-state index in [0.29, 0.717) is 92.4 Å². The van der Waals surface area contributed by atoms with E-state index in [1.807, 2.05) is 103 Å². The molecule has 24 heteroatoms. The number of nitrogens with zero attached hydrogens (tertiary/aromatic N) is 3. The number of hydrogen-bond donors (Lipinski definition) is 12. The number of carbonyl (C=O) groups is 3. The summed E-state index contributed by atoms with van der Waals surface area (Å²) in [5.41, 5.74) is 20.0. The van der Waals surface area contributed by atoms with E-state index in [1.54, 1.807) is 57.3 Å². The number of fused-ring (bicyclic) bond motifs is 6. The number of ether oxygens (including phenoxy) is 3. The smallest absolute Gasteiger partial charge is 0.240 e. The first-order valence-corrected chi connectivity index (χ1v) is 47.3. The maximum Gasteiger partial charge on any atom is 0.240 e. The third-order valence-corrected chi connectivity index (χ3v) is 32.2. The number of hydroxylamine groups is 6. The second-order valence-electron chi connectivity index (χ2n) is 40.5.